The molecule has 0 aliphatic rings. The molecule has 0 saturated heterocycles. The van der Waals surface area contributed by atoms with Crippen LogP contribution in [0.15, 0.2) is 65.3 Å². The highest BCUT2D eigenvalue weighted by Crippen LogP contribution is 2.19. The molecule has 3 aromatic rings. The van der Waals surface area contributed by atoms with Crippen molar-refractivity contribution in [2.75, 3.05) is 0 Å². The molecule has 1 aromatic heterocycles. The monoisotopic (exact) mass is 293 g/mol. The Morgan fingerprint density at radius 3 is 2.73 bits per heavy atom. The van der Waals surface area contributed by atoms with Crippen molar-refractivity contribution in [1.82, 2.24) is 4.98 Å². The first-order valence-electron chi connectivity index (χ1n) is 6.96. The van der Waals surface area contributed by atoms with E-state index in [2.05, 4.69) is 4.98 Å². The van der Waals surface area contributed by atoms with Gasteiger partial charge in [-0.3, -0.25) is 4.79 Å². The Morgan fingerprint density at radius 1 is 1.14 bits per heavy atom. The van der Waals surface area contributed by atoms with Crippen LogP contribution in [0.4, 0.5) is 0 Å². The molecule has 110 valence electrons. The maximum atomic E-state index is 11.3. The van der Waals surface area contributed by atoms with Crippen LogP contribution < -0.4 is 4.74 Å². The van der Waals surface area contributed by atoms with Crippen LogP contribution in [0.5, 0.6) is 5.75 Å². The highest BCUT2D eigenvalue weighted by atomic mass is 16.5. The van der Waals surface area contributed by atoms with Crippen LogP contribution in [-0.4, -0.2) is 10.8 Å². The lowest BCUT2D eigenvalue weighted by Gasteiger charge is -2.04. The predicted octanol–water partition coefficient (Wildman–Crippen LogP) is 4.12. The number of Topliss-reactive ketones (excluding diaryl/α,β-unsaturated/α-hetero) is 1. The second-order valence-corrected chi connectivity index (χ2v) is 4.88. The predicted molar refractivity (Wildman–Crippen MR) is 82.7 cm³/mol. The van der Waals surface area contributed by atoms with Crippen LogP contribution in [0, 0.1) is 0 Å². The fourth-order valence-electron chi connectivity index (χ4n) is 2.05. The van der Waals surface area contributed by atoms with Crippen LogP contribution in [0.2, 0.25) is 0 Å². The molecule has 4 nitrogen and oxygen atoms in total. The molecule has 0 saturated carbocycles. The van der Waals surface area contributed by atoms with Crippen molar-refractivity contribution in [2.24, 2.45) is 0 Å². The molecule has 0 aliphatic carbocycles. The molecule has 22 heavy (non-hydrogen) atoms. The maximum absolute atomic E-state index is 11.3. The minimum atomic E-state index is 0.0123. The van der Waals surface area contributed by atoms with Crippen molar-refractivity contribution in [3.8, 4) is 17.2 Å². The molecule has 0 aliphatic heterocycles. The third-order valence-electron chi connectivity index (χ3n) is 3.20. The van der Waals surface area contributed by atoms with E-state index in [1.165, 1.54) is 6.92 Å². The number of ketones is 1. The van der Waals surface area contributed by atoms with Gasteiger partial charge < -0.3 is 9.15 Å². The van der Waals surface area contributed by atoms with E-state index in [9.17, 15) is 4.79 Å². The number of nitrogens with zero attached hydrogens (tertiary/aromatic N) is 1. The fourth-order valence-corrected chi connectivity index (χ4v) is 2.05. The van der Waals surface area contributed by atoms with Crippen LogP contribution in [0.3, 0.4) is 0 Å². The lowest BCUT2D eigenvalue weighted by Crippen LogP contribution is -1.98. The van der Waals surface area contributed by atoms with Gasteiger partial charge in [-0.05, 0) is 31.2 Å². The number of benzene rings is 2. The fraction of sp³-hybridized carbons (Fsp3) is 0.111. The number of carbonyl (C=O) groups excluding carboxylic acids is 1. The van der Waals surface area contributed by atoms with Crippen molar-refractivity contribution in [3.05, 3.63) is 72.1 Å². The molecule has 0 fully saturated rings. The number of hydrogen-bond acceptors (Lipinski definition) is 4. The first-order valence-corrected chi connectivity index (χ1v) is 6.96. The first kappa shape index (κ1) is 14.1. The SMILES string of the molecule is CC(=O)c1cccc(OCc2coc(-c3ccccc3)n2)c1. The van der Waals surface area contributed by atoms with E-state index in [-0.39, 0.29) is 12.4 Å². The smallest absolute Gasteiger partial charge is 0.226 e. The van der Waals surface area contributed by atoms with Crippen LogP contribution in [0.1, 0.15) is 23.0 Å². The van der Waals surface area contributed by atoms with Gasteiger partial charge in [0.2, 0.25) is 5.89 Å². The van der Waals surface area contributed by atoms with Gasteiger partial charge in [-0.1, -0.05) is 30.3 Å². The molecule has 0 radical (unpaired) electrons. The van der Waals surface area contributed by atoms with Gasteiger partial charge >= 0.3 is 0 Å². The molecule has 2 aromatic carbocycles. The van der Waals surface area contributed by atoms with Crippen LogP contribution >= 0.6 is 0 Å². The summed E-state index contributed by atoms with van der Waals surface area (Å²) < 4.78 is 11.1. The van der Waals surface area contributed by atoms with Gasteiger partial charge in [0, 0.05) is 11.1 Å². The molecule has 3 rings (SSSR count). The zero-order valence-electron chi connectivity index (χ0n) is 12.2. The van der Waals surface area contributed by atoms with E-state index < -0.39 is 0 Å². The minimum absolute atomic E-state index is 0.0123. The van der Waals surface area contributed by atoms with Crippen molar-refractivity contribution < 1.29 is 13.9 Å². The van der Waals surface area contributed by atoms with Crippen molar-refractivity contribution in [1.29, 1.82) is 0 Å². The molecule has 4 heteroatoms. The summed E-state index contributed by atoms with van der Waals surface area (Å²) in [5.41, 5.74) is 2.25. The van der Waals surface area contributed by atoms with Crippen LogP contribution in [0.25, 0.3) is 11.5 Å². The summed E-state index contributed by atoms with van der Waals surface area (Å²) >= 11 is 0. The number of ether oxygens (including phenoxy) is 1. The molecule has 0 amide bonds. The van der Waals surface area contributed by atoms with Gasteiger partial charge in [0.25, 0.3) is 0 Å². The van der Waals surface area contributed by atoms with Gasteiger partial charge in [-0.2, -0.15) is 0 Å². The largest absolute Gasteiger partial charge is 0.487 e. The Morgan fingerprint density at radius 2 is 1.95 bits per heavy atom. The highest BCUT2D eigenvalue weighted by molar-refractivity contribution is 5.94. The Balaban J connectivity index is 1.69. The number of rotatable bonds is 5. The Labute approximate surface area is 128 Å². The zero-order valence-corrected chi connectivity index (χ0v) is 12.2. The highest BCUT2D eigenvalue weighted by Gasteiger charge is 2.07. The summed E-state index contributed by atoms with van der Waals surface area (Å²) in [6.07, 6.45) is 1.58. The van der Waals surface area contributed by atoms with E-state index in [1.54, 1.807) is 24.5 Å². The summed E-state index contributed by atoms with van der Waals surface area (Å²) in [5.74, 6) is 1.21. The molecule has 1 heterocycles. The number of carbonyl (C=O) groups is 1. The average molecular weight is 293 g/mol. The first-order chi connectivity index (χ1) is 10.7. The van der Waals surface area contributed by atoms with E-state index >= 15 is 0 Å². The van der Waals surface area contributed by atoms with Crippen molar-refractivity contribution in [2.45, 2.75) is 13.5 Å². The summed E-state index contributed by atoms with van der Waals surface area (Å²) in [6, 6.07) is 16.8. The average Bonchev–Trinajstić information content (AvgIpc) is 3.03. The Hall–Kier alpha value is -2.88. The Bertz CT molecular complexity index is 778. The summed E-state index contributed by atoms with van der Waals surface area (Å²) in [7, 11) is 0. The Kier molecular flexibility index (Phi) is 4.01. The lowest BCUT2D eigenvalue weighted by molar-refractivity contribution is 0.101. The van der Waals surface area contributed by atoms with E-state index in [1.807, 2.05) is 36.4 Å². The molecular weight excluding hydrogens is 278 g/mol. The summed E-state index contributed by atoms with van der Waals surface area (Å²) in [4.78, 5) is 15.7. The minimum Gasteiger partial charge on any atom is -0.487 e. The second-order valence-electron chi connectivity index (χ2n) is 4.88. The van der Waals surface area contributed by atoms with E-state index in [0.29, 0.717) is 22.9 Å². The van der Waals surface area contributed by atoms with E-state index in [4.69, 9.17) is 9.15 Å². The molecule has 0 N–H and O–H groups in total. The maximum Gasteiger partial charge on any atom is 0.226 e. The topological polar surface area (TPSA) is 52.3 Å². The van der Waals surface area contributed by atoms with Gasteiger partial charge in [0.1, 0.15) is 24.3 Å². The second kappa shape index (κ2) is 6.26. The van der Waals surface area contributed by atoms with Gasteiger partial charge in [0.15, 0.2) is 5.78 Å². The molecule has 0 bridgehead atoms. The van der Waals surface area contributed by atoms with Crippen molar-refractivity contribution >= 4 is 5.78 Å². The molecular formula is C18H15NO3. The summed E-state index contributed by atoms with van der Waals surface area (Å²) in [5, 5.41) is 0. The third kappa shape index (κ3) is 3.23. The van der Waals surface area contributed by atoms with Crippen molar-refractivity contribution in [3.63, 3.8) is 0 Å². The van der Waals surface area contributed by atoms with Gasteiger partial charge in [-0.15, -0.1) is 0 Å². The van der Waals surface area contributed by atoms with Gasteiger partial charge in [-0.25, -0.2) is 4.98 Å². The standard InChI is InChI=1S/C18H15NO3/c1-13(20)15-8-5-9-17(10-15)21-11-16-12-22-18(19-16)14-6-3-2-4-7-14/h2-10,12H,11H2,1H3. The molecule has 0 unspecified atom stereocenters. The quantitative estimate of drug-likeness (QED) is 0.664. The van der Waals surface area contributed by atoms with Crippen LogP contribution in [-0.2, 0) is 6.61 Å². The van der Waals surface area contributed by atoms with E-state index in [0.717, 1.165) is 5.56 Å². The number of aromatic nitrogens is 1. The lowest BCUT2D eigenvalue weighted by atomic mass is 10.1. The number of hydrogen-bond donors (Lipinski definition) is 0. The normalized spacial score (nSPS) is 10.4. The number of oxazole rings is 1. The van der Waals surface area contributed by atoms with Gasteiger partial charge in [0.05, 0.1) is 0 Å². The summed E-state index contributed by atoms with van der Waals surface area (Å²) in [6.45, 7) is 1.82. The third-order valence-corrected chi connectivity index (χ3v) is 3.20. The zero-order chi connectivity index (χ0) is 15.4. The molecule has 0 atom stereocenters. The molecule has 0 spiro atoms.